The molecule has 0 aromatic heterocycles. The molecule has 31 heavy (non-hydrogen) atoms. The minimum atomic E-state index is -3.78. The topological polar surface area (TPSA) is 77.0 Å². The van der Waals surface area contributed by atoms with Crippen LogP contribution < -0.4 is 14.3 Å². The smallest absolute Gasteiger partial charge is 0.276 e. The highest BCUT2D eigenvalue weighted by Gasteiger charge is 2.14. The summed E-state index contributed by atoms with van der Waals surface area (Å²) in [5.74, 6) is 0.416. The third kappa shape index (κ3) is 5.83. The van der Waals surface area contributed by atoms with E-state index in [0.717, 1.165) is 5.56 Å². The molecule has 0 heterocycles. The Labute approximate surface area is 188 Å². The number of aryl methyl sites for hydroxylation is 1. The van der Waals surface area contributed by atoms with Crippen molar-refractivity contribution in [3.63, 3.8) is 0 Å². The molecule has 162 valence electrons. The molecule has 6 nitrogen and oxygen atoms in total. The number of rotatable bonds is 8. The predicted octanol–water partition coefficient (Wildman–Crippen LogP) is 4.80. The summed E-state index contributed by atoms with van der Waals surface area (Å²) >= 11 is 3.41. The molecule has 0 radical (unpaired) electrons. The van der Waals surface area contributed by atoms with E-state index < -0.39 is 10.0 Å². The fourth-order valence-electron chi connectivity index (χ4n) is 2.66. The SMILES string of the molecule is COc1cc(/C=N\NS(=O)(=O)c2ccc(C)cc2)cc(Br)c1OCc1ccccc1F. The van der Waals surface area contributed by atoms with E-state index >= 15 is 0 Å². The van der Waals surface area contributed by atoms with Gasteiger partial charge in [-0.1, -0.05) is 35.9 Å². The normalized spacial score (nSPS) is 11.5. The van der Waals surface area contributed by atoms with E-state index in [0.29, 0.717) is 27.1 Å². The number of hydrogen-bond donors (Lipinski definition) is 1. The number of benzene rings is 3. The second-order valence-corrected chi connectivity index (χ2v) is 9.10. The van der Waals surface area contributed by atoms with Crippen molar-refractivity contribution in [3.05, 3.63) is 87.6 Å². The van der Waals surface area contributed by atoms with Crippen LogP contribution in [0, 0.1) is 12.7 Å². The van der Waals surface area contributed by atoms with Crippen LogP contribution in [0.15, 0.2) is 75.1 Å². The molecule has 0 aliphatic heterocycles. The van der Waals surface area contributed by atoms with Gasteiger partial charge < -0.3 is 9.47 Å². The number of sulfonamides is 1. The van der Waals surface area contributed by atoms with Crippen molar-refractivity contribution in [3.8, 4) is 11.5 Å². The summed E-state index contributed by atoms with van der Waals surface area (Å²) in [6.07, 6.45) is 1.35. The van der Waals surface area contributed by atoms with E-state index in [4.69, 9.17) is 9.47 Å². The van der Waals surface area contributed by atoms with Gasteiger partial charge in [0.2, 0.25) is 0 Å². The van der Waals surface area contributed by atoms with Crippen molar-refractivity contribution in [2.45, 2.75) is 18.4 Å². The average Bonchev–Trinajstić information content (AvgIpc) is 2.74. The lowest BCUT2D eigenvalue weighted by Gasteiger charge is -2.14. The van der Waals surface area contributed by atoms with Gasteiger partial charge in [-0.2, -0.15) is 13.5 Å². The molecule has 0 aliphatic rings. The average molecular weight is 507 g/mol. The fourth-order valence-corrected chi connectivity index (χ4v) is 4.03. The van der Waals surface area contributed by atoms with Gasteiger partial charge in [0.15, 0.2) is 11.5 Å². The van der Waals surface area contributed by atoms with Gasteiger partial charge in [-0.15, -0.1) is 0 Å². The first-order valence-electron chi connectivity index (χ1n) is 9.15. The summed E-state index contributed by atoms with van der Waals surface area (Å²) in [5, 5.41) is 3.83. The zero-order chi connectivity index (χ0) is 22.4. The highest BCUT2D eigenvalue weighted by Crippen LogP contribution is 2.37. The third-order valence-electron chi connectivity index (χ3n) is 4.30. The van der Waals surface area contributed by atoms with Crippen LogP contribution in [-0.2, 0) is 16.6 Å². The Hall–Kier alpha value is -2.91. The molecule has 0 amide bonds. The molecule has 0 spiro atoms. The summed E-state index contributed by atoms with van der Waals surface area (Å²) in [6.45, 7) is 1.89. The second-order valence-electron chi connectivity index (χ2n) is 6.58. The van der Waals surface area contributed by atoms with Crippen LogP contribution in [0.4, 0.5) is 4.39 Å². The molecule has 1 N–H and O–H groups in total. The van der Waals surface area contributed by atoms with Gasteiger partial charge in [-0.25, -0.2) is 9.22 Å². The lowest BCUT2D eigenvalue weighted by molar-refractivity contribution is 0.278. The molecule has 0 fully saturated rings. The monoisotopic (exact) mass is 506 g/mol. The lowest BCUT2D eigenvalue weighted by Crippen LogP contribution is -2.18. The maximum Gasteiger partial charge on any atom is 0.276 e. The van der Waals surface area contributed by atoms with E-state index in [-0.39, 0.29) is 17.3 Å². The Morgan fingerprint density at radius 2 is 1.84 bits per heavy atom. The minimum absolute atomic E-state index is 0.0193. The highest BCUT2D eigenvalue weighted by atomic mass is 79.9. The Morgan fingerprint density at radius 3 is 2.52 bits per heavy atom. The molecule has 0 aliphatic carbocycles. The Bertz CT molecular complexity index is 1200. The van der Waals surface area contributed by atoms with Crippen molar-refractivity contribution in [2.24, 2.45) is 5.10 Å². The van der Waals surface area contributed by atoms with E-state index in [1.807, 2.05) is 6.92 Å². The van der Waals surface area contributed by atoms with Gasteiger partial charge in [0, 0.05) is 5.56 Å². The minimum Gasteiger partial charge on any atom is -0.493 e. The Morgan fingerprint density at radius 1 is 1.13 bits per heavy atom. The number of nitrogens with zero attached hydrogens (tertiary/aromatic N) is 1. The van der Waals surface area contributed by atoms with Crippen LogP contribution in [0.3, 0.4) is 0 Å². The fraction of sp³-hybridized carbons (Fsp3) is 0.136. The van der Waals surface area contributed by atoms with E-state index in [9.17, 15) is 12.8 Å². The lowest BCUT2D eigenvalue weighted by atomic mass is 10.2. The summed E-state index contributed by atoms with van der Waals surface area (Å²) in [6, 6.07) is 16.1. The van der Waals surface area contributed by atoms with Crippen LogP contribution in [0.5, 0.6) is 11.5 Å². The van der Waals surface area contributed by atoms with Crippen LogP contribution in [-0.4, -0.2) is 21.7 Å². The van der Waals surface area contributed by atoms with Crippen LogP contribution in [0.1, 0.15) is 16.7 Å². The molecular formula is C22H20BrFN2O4S. The Kier molecular flexibility index (Phi) is 7.29. The molecular weight excluding hydrogens is 487 g/mol. The maximum atomic E-state index is 13.8. The van der Waals surface area contributed by atoms with Crippen molar-refractivity contribution in [2.75, 3.05) is 7.11 Å². The number of ether oxygens (including phenoxy) is 2. The molecule has 0 bridgehead atoms. The molecule has 0 saturated heterocycles. The van der Waals surface area contributed by atoms with Gasteiger partial charge in [0.05, 0.1) is 22.7 Å². The summed E-state index contributed by atoms with van der Waals surface area (Å²) < 4.78 is 50.1. The summed E-state index contributed by atoms with van der Waals surface area (Å²) in [4.78, 5) is 2.30. The van der Waals surface area contributed by atoms with Crippen LogP contribution in [0.2, 0.25) is 0 Å². The second kappa shape index (κ2) is 9.93. The first-order valence-corrected chi connectivity index (χ1v) is 11.4. The van der Waals surface area contributed by atoms with E-state index in [2.05, 4.69) is 25.9 Å². The van der Waals surface area contributed by atoms with Gasteiger partial charge >= 0.3 is 0 Å². The summed E-state index contributed by atoms with van der Waals surface area (Å²) in [5.41, 5.74) is 1.93. The van der Waals surface area contributed by atoms with E-state index in [1.54, 1.807) is 42.5 Å². The van der Waals surface area contributed by atoms with Crippen molar-refractivity contribution in [1.29, 1.82) is 0 Å². The number of hydrazone groups is 1. The molecule has 0 unspecified atom stereocenters. The third-order valence-corrected chi connectivity index (χ3v) is 6.13. The van der Waals surface area contributed by atoms with E-state index in [1.165, 1.54) is 31.5 Å². The van der Waals surface area contributed by atoms with Gasteiger partial charge in [0.1, 0.15) is 12.4 Å². The largest absolute Gasteiger partial charge is 0.493 e. The number of hydrogen-bond acceptors (Lipinski definition) is 5. The number of methoxy groups -OCH3 is 1. The van der Waals surface area contributed by atoms with Crippen molar-refractivity contribution < 1.29 is 22.3 Å². The zero-order valence-electron chi connectivity index (χ0n) is 16.8. The molecule has 9 heteroatoms. The quantitative estimate of drug-likeness (QED) is 0.351. The van der Waals surface area contributed by atoms with Gasteiger partial charge in [-0.3, -0.25) is 0 Å². The Balaban J connectivity index is 1.74. The number of halogens is 2. The van der Waals surface area contributed by atoms with Crippen molar-refractivity contribution in [1.82, 2.24) is 4.83 Å². The zero-order valence-corrected chi connectivity index (χ0v) is 19.2. The number of nitrogens with one attached hydrogen (secondary N) is 1. The first-order chi connectivity index (χ1) is 14.8. The molecule has 0 atom stereocenters. The first kappa shape index (κ1) is 22.8. The summed E-state index contributed by atoms with van der Waals surface area (Å²) in [7, 11) is -2.30. The predicted molar refractivity (Wildman–Crippen MR) is 121 cm³/mol. The molecule has 3 aromatic rings. The standard InChI is InChI=1S/C22H20BrFN2O4S/c1-15-7-9-18(10-8-15)31(27,28)26-25-13-16-11-19(23)22(21(12-16)29-2)30-14-17-5-3-4-6-20(17)24/h3-13,26H,14H2,1-2H3/b25-13-. The highest BCUT2D eigenvalue weighted by molar-refractivity contribution is 9.10. The van der Waals surface area contributed by atoms with Crippen molar-refractivity contribution >= 4 is 32.2 Å². The molecule has 0 saturated carbocycles. The molecule has 3 rings (SSSR count). The maximum absolute atomic E-state index is 13.8. The van der Waals surface area contributed by atoms with Crippen LogP contribution >= 0.6 is 15.9 Å². The van der Waals surface area contributed by atoms with Gasteiger partial charge in [-0.05, 0) is 58.7 Å². The van der Waals surface area contributed by atoms with Crippen LogP contribution in [0.25, 0.3) is 0 Å². The van der Waals surface area contributed by atoms with Gasteiger partial charge in [0.25, 0.3) is 10.0 Å². The molecule has 3 aromatic carbocycles.